The van der Waals surface area contributed by atoms with Gasteiger partial charge in [-0.25, -0.2) is 4.98 Å². The van der Waals surface area contributed by atoms with Gasteiger partial charge in [0.2, 0.25) is 0 Å². The molecule has 2 aromatic heterocycles. The molecular weight excluding hydrogens is 318 g/mol. The van der Waals surface area contributed by atoms with Crippen molar-refractivity contribution in [1.82, 2.24) is 15.2 Å². The van der Waals surface area contributed by atoms with Crippen LogP contribution in [0.5, 0.6) is 0 Å². The van der Waals surface area contributed by atoms with Crippen LogP contribution in [0.15, 0.2) is 51.5 Å². The van der Waals surface area contributed by atoms with Crippen molar-refractivity contribution >= 4 is 5.91 Å². The Morgan fingerprint density at radius 1 is 1.20 bits per heavy atom. The summed E-state index contributed by atoms with van der Waals surface area (Å²) in [5.74, 6) is 1.83. The Bertz CT molecular complexity index is 835. The molecule has 2 heterocycles. The van der Waals surface area contributed by atoms with Crippen LogP contribution in [-0.4, -0.2) is 29.9 Å². The Labute approximate surface area is 146 Å². The maximum Gasteiger partial charge on any atom is 0.263 e. The fourth-order valence-corrected chi connectivity index (χ4v) is 2.61. The number of benzene rings is 1. The van der Waals surface area contributed by atoms with Gasteiger partial charge in [0, 0.05) is 25.7 Å². The summed E-state index contributed by atoms with van der Waals surface area (Å²) in [6.07, 6.45) is 1.60. The molecule has 130 valence electrons. The molecule has 0 aliphatic heterocycles. The second kappa shape index (κ2) is 7.36. The summed E-state index contributed by atoms with van der Waals surface area (Å²) in [7, 11) is 3.65. The highest BCUT2D eigenvalue weighted by atomic mass is 16.4. The first kappa shape index (κ1) is 17.0. The summed E-state index contributed by atoms with van der Waals surface area (Å²) < 4.78 is 11.0. The van der Waals surface area contributed by atoms with Gasteiger partial charge in [0.15, 0.2) is 5.76 Å². The van der Waals surface area contributed by atoms with E-state index < -0.39 is 0 Å². The van der Waals surface area contributed by atoms with E-state index in [1.807, 2.05) is 50.4 Å². The molecular formula is C19H21N3O3. The zero-order valence-corrected chi connectivity index (χ0v) is 14.6. The molecule has 3 rings (SSSR count). The Morgan fingerprint density at radius 2 is 1.96 bits per heavy atom. The molecule has 0 radical (unpaired) electrons. The van der Waals surface area contributed by atoms with Crippen molar-refractivity contribution in [3.05, 3.63) is 65.2 Å². The second-order valence-corrected chi connectivity index (χ2v) is 5.95. The average Bonchev–Trinajstić information content (AvgIpc) is 3.25. The minimum absolute atomic E-state index is 0.0800. The van der Waals surface area contributed by atoms with E-state index in [4.69, 9.17) is 8.83 Å². The average molecular weight is 339 g/mol. The highest BCUT2D eigenvalue weighted by Gasteiger charge is 2.15. The van der Waals surface area contributed by atoms with Gasteiger partial charge in [-0.3, -0.25) is 9.69 Å². The molecule has 1 N–H and O–H groups in total. The predicted octanol–water partition coefficient (Wildman–Crippen LogP) is 3.23. The highest BCUT2D eigenvalue weighted by molar-refractivity contribution is 5.93. The molecule has 1 aromatic carbocycles. The minimum atomic E-state index is -0.0800. The van der Waals surface area contributed by atoms with Gasteiger partial charge in [-0.05, 0) is 43.8 Å². The van der Waals surface area contributed by atoms with E-state index >= 15 is 0 Å². The SMILES string of the molecule is CNC(=O)c1ccc(CN(C)Cc2nc(-c3ccco3)oc2C)cc1. The van der Waals surface area contributed by atoms with Crippen LogP contribution in [0.3, 0.4) is 0 Å². The molecule has 0 unspecified atom stereocenters. The van der Waals surface area contributed by atoms with Crippen LogP contribution in [0.4, 0.5) is 0 Å². The van der Waals surface area contributed by atoms with Crippen LogP contribution in [0.1, 0.15) is 27.4 Å². The molecule has 0 saturated heterocycles. The molecule has 3 aromatic rings. The molecule has 25 heavy (non-hydrogen) atoms. The van der Waals surface area contributed by atoms with E-state index in [9.17, 15) is 4.79 Å². The molecule has 0 aliphatic carbocycles. The van der Waals surface area contributed by atoms with Crippen molar-refractivity contribution in [3.63, 3.8) is 0 Å². The number of nitrogens with one attached hydrogen (secondary N) is 1. The summed E-state index contributed by atoms with van der Waals surface area (Å²) in [4.78, 5) is 18.2. The van der Waals surface area contributed by atoms with Crippen LogP contribution < -0.4 is 5.32 Å². The van der Waals surface area contributed by atoms with Crippen molar-refractivity contribution < 1.29 is 13.6 Å². The standard InChI is InChI=1S/C19H21N3O3/c1-13-16(21-19(25-13)17-5-4-10-24-17)12-22(3)11-14-6-8-15(9-7-14)18(23)20-2/h4-10H,11-12H2,1-3H3,(H,20,23). The van der Waals surface area contributed by atoms with Gasteiger partial charge in [0.05, 0.1) is 12.0 Å². The molecule has 0 spiro atoms. The minimum Gasteiger partial charge on any atom is -0.459 e. The van der Waals surface area contributed by atoms with Gasteiger partial charge in [-0.1, -0.05) is 12.1 Å². The molecule has 0 bridgehead atoms. The lowest BCUT2D eigenvalue weighted by Gasteiger charge is -2.15. The number of carbonyl (C=O) groups is 1. The number of oxazole rings is 1. The maximum absolute atomic E-state index is 11.6. The smallest absolute Gasteiger partial charge is 0.263 e. The van der Waals surface area contributed by atoms with Crippen molar-refractivity contribution in [2.45, 2.75) is 20.0 Å². The zero-order valence-electron chi connectivity index (χ0n) is 14.6. The Kier molecular flexibility index (Phi) is 5.00. The Hall–Kier alpha value is -2.86. The summed E-state index contributed by atoms with van der Waals surface area (Å²) in [5, 5.41) is 2.62. The summed E-state index contributed by atoms with van der Waals surface area (Å²) in [6.45, 7) is 3.31. The number of aryl methyl sites for hydroxylation is 1. The highest BCUT2D eigenvalue weighted by Crippen LogP contribution is 2.23. The fourth-order valence-electron chi connectivity index (χ4n) is 2.61. The number of hydrogen-bond acceptors (Lipinski definition) is 5. The molecule has 6 heteroatoms. The quantitative estimate of drug-likeness (QED) is 0.746. The van der Waals surface area contributed by atoms with Crippen molar-refractivity contribution in [3.8, 4) is 11.7 Å². The zero-order chi connectivity index (χ0) is 17.8. The van der Waals surface area contributed by atoms with Crippen molar-refractivity contribution in [2.24, 2.45) is 0 Å². The lowest BCUT2D eigenvalue weighted by atomic mass is 10.1. The lowest BCUT2D eigenvalue weighted by Crippen LogP contribution is -2.19. The van der Waals surface area contributed by atoms with Crippen LogP contribution in [0.25, 0.3) is 11.7 Å². The van der Waals surface area contributed by atoms with Gasteiger partial charge in [0.25, 0.3) is 11.8 Å². The van der Waals surface area contributed by atoms with Crippen LogP contribution in [-0.2, 0) is 13.1 Å². The van der Waals surface area contributed by atoms with Gasteiger partial charge in [0.1, 0.15) is 5.76 Å². The molecule has 0 fully saturated rings. The van der Waals surface area contributed by atoms with E-state index in [-0.39, 0.29) is 5.91 Å². The molecule has 1 amide bonds. The Balaban J connectivity index is 1.64. The molecule has 0 saturated carbocycles. The molecule has 0 aliphatic rings. The maximum atomic E-state index is 11.6. The van der Waals surface area contributed by atoms with Crippen LogP contribution in [0.2, 0.25) is 0 Å². The van der Waals surface area contributed by atoms with Crippen LogP contribution in [0, 0.1) is 6.92 Å². The van der Waals surface area contributed by atoms with Crippen molar-refractivity contribution in [1.29, 1.82) is 0 Å². The summed E-state index contributed by atoms with van der Waals surface area (Å²) in [6, 6.07) is 11.2. The normalized spacial score (nSPS) is 11.0. The van der Waals surface area contributed by atoms with E-state index in [2.05, 4.69) is 15.2 Å². The first-order valence-corrected chi connectivity index (χ1v) is 8.06. The van der Waals surface area contributed by atoms with E-state index in [0.29, 0.717) is 23.8 Å². The second-order valence-electron chi connectivity index (χ2n) is 5.95. The first-order valence-electron chi connectivity index (χ1n) is 8.06. The van der Waals surface area contributed by atoms with E-state index in [0.717, 1.165) is 23.6 Å². The van der Waals surface area contributed by atoms with Gasteiger partial charge in [-0.2, -0.15) is 0 Å². The van der Waals surface area contributed by atoms with Gasteiger partial charge < -0.3 is 14.2 Å². The third kappa shape index (κ3) is 3.97. The van der Waals surface area contributed by atoms with Gasteiger partial charge >= 0.3 is 0 Å². The summed E-state index contributed by atoms with van der Waals surface area (Å²) in [5.41, 5.74) is 2.67. The number of amides is 1. The van der Waals surface area contributed by atoms with Gasteiger partial charge in [-0.15, -0.1) is 0 Å². The number of hydrogen-bond donors (Lipinski definition) is 1. The third-order valence-corrected chi connectivity index (χ3v) is 3.94. The lowest BCUT2D eigenvalue weighted by molar-refractivity contribution is 0.0963. The topological polar surface area (TPSA) is 71.5 Å². The molecule has 6 nitrogen and oxygen atoms in total. The number of rotatable bonds is 6. The molecule has 0 atom stereocenters. The number of nitrogens with zero attached hydrogens (tertiary/aromatic N) is 2. The fraction of sp³-hybridized carbons (Fsp3) is 0.263. The largest absolute Gasteiger partial charge is 0.459 e. The summed E-state index contributed by atoms with van der Waals surface area (Å²) >= 11 is 0. The van der Waals surface area contributed by atoms with Crippen molar-refractivity contribution in [2.75, 3.05) is 14.1 Å². The monoisotopic (exact) mass is 339 g/mol. The number of carbonyl (C=O) groups excluding carboxylic acids is 1. The van der Waals surface area contributed by atoms with Crippen LogP contribution >= 0.6 is 0 Å². The predicted molar refractivity (Wildman–Crippen MR) is 93.9 cm³/mol. The third-order valence-electron chi connectivity index (χ3n) is 3.94. The number of aromatic nitrogens is 1. The van der Waals surface area contributed by atoms with E-state index in [1.165, 1.54) is 0 Å². The number of furan rings is 1. The first-order chi connectivity index (χ1) is 12.1. The van der Waals surface area contributed by atoms with E-state index in [1.54, 1.807) is 13.3 Å². The Morgan fingerprint density at radius 3 is 2.60 bits per heavy atom.